The Morgan fingerprint density at radius 3 is 2.28 bits per heavy atom. The molecule has 10 nitrogen and oxygen atoms in total. The van der Waals surface area contributed by atoms with Crippen LogP contribution in [0.25, 0.3) is 0 Å². The van der Waals surface area contributed by atoms with E-state index in [1.54, 1.807) is 38.1 Å². The molecule has 2 rings (SSSR count). The Morgan fingerprint density at radius 2 is 1.75 bits per heavy atom. The molecule has 0 heterocycles. The summed E-state index contributed by atoms with van der Waals surface area (Å²) in [5.41, 5.74) is 0.915. The van der Waals surface area contributed by atoms with Gasteiger partial charge in [0.15, 0.2) is 0 Å². The number of carbonyl (C=O) groups excluding carboxylic acids is 2. The number of amides is 2. The van der Waals surface area contributed by atoms with Crippen LogP contribution in [0.15, 0.2) is 46.9 Å². The van der Waals surface area contributed by atoms with Crippen LogP contribution in [0.3, 0.4) is 0 Å². The van der Waals surface area contributed by atoms with Gasteiger partial charge in [-0.25, -0.2) is 8.42 Å². The lowest BCUT2D eigenvalue weighted by molar-refractivity contribution is -0.384. The number of carbonyl (C=O) groups is 2. The van der Waals surface area contributed by atoms with Gasteiger partial charge in [0, 0.05) is 29.2 Å². The van der Waals surface area contributed by atoms with Gasteiger partial charge < -0.3 is 10.2 Å². The van der Waals surface area contributed by atoms with Gasteiger partial charge in [0.25, 0.3) is 5.69 Å². The minimum absolute atomic E-state index is 0.0281. The molecule has 0 aliphatic rings. The number of rotatable bonds is 11. The van der Waals surface area contributed by atoms with Crippen LogP contribution in [-0.2, 0) is 26.2 Å². The van der Waals surface area contributed by atoms with E-state index in [1.807, 2.05) is 13.8 Å². The smallest absolute Gasteiger partial charge is 0.271 e. The van der Waals surface area contributed by atoms with Crippen molar-refractivity contribution < 1.29 is 22.9 Å². The Balaban J connectivity index is 2.47. The Labute approximate surface area is 220 Å². The molecule has 1 N–H and O–H groups in total. The molecule has 0 saturated carbocycles. The lowest BCUT2D eigenvalue weighted by Gasteiger charge is -2.32. The summed E-state index contributed by atoms with van der Waals surface area (Å²) < 4.78 is 27.1. The van der Waals surface area contributed by atoms with Crippen LogP contribution in [0, 0.1) is 17.0 Å². The van der Waals surface area contributed by atoms with Crippen molar-refractivity contribution in [2.45, 2.75) is 52.7 Å². The first-order valence-corrected chi connectivity index (χ1v) is 14.0. The van der Waals surface area contributed by atoms with Crippen LogP contribution >= 0.6 is 15.9 Å². The number of hydrogen-bond donors (Lipinski definition) is 1. The van der Waals surface area contributed by atoms with Gasteiger partial charge in [0.1, 0.15) is 12.6 Å². The SMILES string of the molecule is CCC(C)NC(=O)C(C)N(Cc1ccc(Br)cc1)C(=O)CN(c1cc([N+](=O)[O-])ccc1C)S(C)(=O)=O. The molecule has 0 aliphatic carbocycles. The summed E-state index contributed by atoms with van der Waals surface area (Å²) in [7, 11) is -4.00. The van der Waals surface area contributed by atoms with Crippen LogP contribution in [0.5, 0.6) is 0 Å². The van der Waals surface area contributed by atoms with E-state index in [1.165, 1.54) is 17.0 Å². The molecule has 2 amide bonds. The predicted molar refractivity (Wildman–Crippen MR) is 142 cm³/mol. The highest BCUT2D eigenvalue weighted by atomic mass is 79.9. The first-order chi connectivity index (χ1) is 16.7. The largest absolute Gasteiger partial charge is 0.352 e. The molecule has 0 aliphatic heterocycles. The fourth-order valence-electron chi connectivity index (χ4n) is 3.41. The van der Waals surface area contributed by atoms with E-state index in [2.05, 4.69) is 21.2 Å². The first kappa shape index (κ1) is 29.2. The number of halogens is 1. The molecule has 0 bridgehead atoms. The third kappa shape index (κ3) is 7.76. The molecule has 196 valence electrons. The summed E-state index contributed by atoms with van der Waals surface area (Å²) in [6.07, 6.45) is 1.63. The van der Waals surface area contributed by atoms with E-state index in [0.29, 0.717) is 12.0 Å². The number of nitrogens with one attached hydrogen (secondary N) is 1. The van der Waals surface area contributed by atoms with E-state index in [9.17, 15) is 28.1 Å². The van der Waals surface area contributed by atoms with Crippen molar-refractivity contribution in [1.29, 1.82) is 0 Å². The summed E-state index contributed by atoms with van der Waals surface area (Å²) in [6, 6.07) is 10.0. The van der Waals surface area contributed by atoms with Gasteiger partial charge in [0.2, 0.25) is 21.8 Å². The lowest BCUT2D eigenvalue weighted by Crippen LogP contribution is -2.52. The topological polar surface area (TPSA) is 130 Å². The van der Waals surface area contributed by atoms with Crippen molar-refractivity contribution >= 4 is 49.1 Å². The molecule has 0 spiro atoms. The third-order valence-corrected chi connectivity index (χ3v) is 7.44. The number of hydrogen-bond acceptors (Lipinski definition) is 6. The molecule has 0 fully saturated rings. The molecule has 2 atom stereocenters. The molecule has 0 radical (unpaired) electrons. The number of nitro groups is 1. The van der Waals surface area contributed by atoms with Crippen molar-refractivity contribution in [3.05, 3.63) is 68.2 Å². The second-order valence-electron chi connectivity index (χ2n) is 8.64. The molecule has 2 aromatic carbocycles. The summed E-state index contributed by atoms with van der Waals surface area (Å²) in [5.74, 6) is -0.992. The van der Waals surface area contributed by atoms with E-state index in [0.717, 1.165) is 26.7 Å². The fourth-order valence-corrected chi connectivity index (χ4v) is 4.57. The number of non-ortho nitro benzene ring substituents is 1. The first-order valence-electron chi connectivity index (χ1n) is 11.3. The number of benzene rings is 2. The van der Waals surface area contributed by atoms with Crippen LogP contribution in [0.2, 0.25) is 0 Å². The second kappa shape index (κ2) is 12.3. The van der Waals surface area contributed by atoms with Gasteiger partial charge in [-0.15, -0.1) is 0 Å². The quantitative estimate of drug-likeness (QED) is 0.317. The molecule has 36 heavy (non-hydrogen) atoms. The number of sulfonamides is 1. The van der Waals surface area contributed by atoms with Gasteiger partial charge in [-0.2, -0.15) is 0 Å². The van der Waals surface area contributed by atoms with Crippen LogP contribution in [-0.4, -0.2) is 54.9 Å². The van der Waals surface area contributed by atoms with Crippen molar-refractivity contribution in [2.75, 3.05) is 17.1 Å². The molecule has 0 saturated heterocycles. The van der Waals surface area contributed by atoms with Crippen LogP contribution < -0.4 is 9.62 Å². The zero-order valence-electron chi connectivity index (χ0n) is 20.9. The van der Waals surface area contributed by atoms with Crippen molar-refractivity contribution in [2.24, 2.45) is 0 Å². The maximum Gasteiger partial charge on any atom is 0.271 e. The standard InChI is InChI=1S/C24H31BrN4O6S/c1-6-17(3)26-24(31)18(4)27(14-19-8-10-20(25)11-9-19)23(30)15-28(36(5,34)35)22-13-21(29(32)33)12-7-16(22)2/h7-13,17-18H,6,14-15H2,1-5H3,(H,26,31). The van der Waals surface area contributed by atoms with Gasteiger partial charge >= 0.3 is 0 Å². The highest BCUT2D eigenvalue weighted by molar-refractivity contribution is 9.10. The highest BCUT2D eigenvalue weighted by Gasteiger charge is 2.31. The minimum atomic E-state index is -4.00. The fraction of sp³-hybridized carbons (Fsp3) is 0.417. The Morgan fingerprint density at radius 1 is 1.14 bits per heavy atom. The van der Waals surface area contributed by atoms with E-state index in [4.69, 9.17) is 0 Å². The zero-order valence-corrected chi connectivity index (χ0v) is 23.3. The minimum Gasteiger partial charge on any atom is -0.352 e. The van der Waals surface area contributed by atoms with Gasteiger partial charge in [-0.1, -0.05) is 41.1 Å². The number of anilines is 1. The molecular weight excluding hydrogens is 552 g/mol. The normalized spacial score (nSPS) is 12.9. The van der Waals surface area contributed by atoms with Crippen molar-refractivity contribution in [3.63, 3.8) is 0 Å². The van der Waals surface area contributed by atoms with Gasteiger partial charge in [0.05, 0.1) is 16.9 Å². The highest BCUT2D eigenvalue weighted by Crippen LogP contribution is 2.28. The summed E-state index contributed by atoms with van der Waals surface area (Å²) in [6.45, 7) is 6.39. The van der Waals surface area contributed by atoms with E-state index in [-0.39, 0.29) is 29.9 Å². The van der Waals surface area contributed by atoms with E-state index >= 15 is 0 Å². The molecule has 2 aromatic rings. The van der Waals surface area contributed by atoms with Gasteiger partial charge in [-0.05, 0) is 50.5 Å². The average Bonchev–Trinajstić information content (AvgIpc) is 2.81. The Bertz CT molecular complexity index is 1220. The molecular formula is C24H31BrN4O6S. The number of aryl methyl sites for hydroxylation is 1. The van der Waals surface area contributed by atoms with Crippen LogP contribution in [0.1, 0.15) is 38.3 Å². The molecule has 12 heteroatoms. The molecule has 0 aromatic heterocycles. The van der Waals surface area contributed by atoms with E-state index < -0.39 is 33.4 Å². The summed E-state index contributed by atoms with van der Waals surface area (Å²) >= 11 is 3.36. The number of nitrogens with zero attached hydrogens (tertiary/aromatic N) is 3. The predicted octanol–water partition coefficient (Wildman–Crippen LogP) is 3.76. The Kier molecular flexibility index (Phi) is 10.00. The molecule has 2 unspecified atom stereocenters. The third-order valence-electron chi connectivity index (χ3n) is 5.79. The summed E-state index contributed by atoms with van der Waals surface area (Å²) in [4.78, 5) is 38.4. The van der Waals surface area contributed by atoms with Crippen molar-refractivity contribution in [3.8, 4) is 0 Å². The van der Waals surface area contributed by atoms with Crippen LogP contribution in [0.4, 0.5) is 11.4 Å². The zero-order chi connectivity index (χ0) is 27.2. The maximum absolute atomic E-state index is 13.6. The van der Waals surface area contributed by atoms with Crippen molar-refractivity contribution in [1.82, 2.24) is 10.2 Å². The number of nitro benzene ring substituents is 1. The average molecular weight is 584 g/mol. The lowest BCUT2D eigenvalue weighted by atomic mass is 10.1. The Hall–Kier alpha value is -2.99. The van der Waals surface area contributed by atoms with Gasteiger partial charge in [-0.3, -0.25) is 24.0 Å². The summed E-state index contributed by atoms with van der Waals surface area (Å²) in [5, 5.41) is 14.1. The monoisotopic (exact) mass is 582 g/mol. The second-order valence-corrected chi connectivity index (χ2v) is 11.5. The maximum atomic E-state index is 13.6.